The number of aromatic nitrogens is 1. The van der Waals surface area contributed by atoms with Gasteiger partial charge in [0.05, 0.1) is 0 Å². The molecule has 0 unspecified atom stereocenters. The minimum Gasteiger partial charge on any atom is -0.370 e. The van der Waals surface area contributed by atoms with Crippen LogP contribution in [0.2, 0.25) is 0 Å². The van der Waals surface area contributed by atoms with Gasteiger partial charge in [0.15, 0.2) is 0 Å². The van der Waals surface area contributed by atoms with Crippen LogP contribution >= 0.6 is 0 Å². The Bertz CT molecular complexity index is 425. The third kappa shape index (κ3) is 3.06. The second-order valence-corrected chi connectivity index (χ2v) is 4.64. The topological polar surface area (TPSA) is 76.3 Å². The fourth-order valence-electron chi connectivity index (χ4n) is 2.30. The second kappa shape index (κ2) is 5.62. The van der Waals surface area contributed by atoms with E-state index >= 15 is 0 Å². The molecular formula is C13H17N3O2. The lowest BCUT2D eigenvalue weighted by molar-refractivity contribution is -0.119. The van der Waals surface area contributed by atoms with E-state index in [-0.39, 0.29) is 11.8 Å². The molecule has 5 heteroatoms. The first-order chi connectivity index (χ1) is 8.66. The number of carbonyl (C=O) groups is 2. The van der Waals surface area contributed by atoms with Crippen LogP contribution in [0.25, 0.3) is 0 Å². The van der Waals surface area contributed by atoms with Gasteiger partial charge >= 0.3 is 0 Å². The predicted molar refractivity (Wildman–Crippen MR) is 66.7 cm³/mol. The lowest BCUT2D eigenvalue weighted by Crippen LogP contribution is -2.39. The van der Waals surface area contributed by atoms with E-state index in [2.05, 4.69) is 4.98 Å². The van der Waals surface area contributed by atoms with Crippen molar-refractivity contribution in [1.82, 2.24) is 9.88 Å². The smallest absolute Gasteiger partial charge is 0.253 e. The number of amides is 2. The highest BCUT2D eigenvalue weighted by Crippen LogP contribution is 2.21. The van der Waals surface area contributed by atoms with E-state index in [0.29, 0.717) is 31.0 Å². The minimum absolute atomic E-state index is 0.0370. The van der Waals surface area contributed by atoms with Gasteiger partial charge in [-0.15, -0.1) is 0 Å². The molecular weight excluding hydrogens is 230 g/mol. The van der Waals surface area contributed by atoms with Gasteiger partial charge in [0, 0.05) is 37.5 Å². The minimum atomic E-state index is -0.256. The number of pyridine rings is 1. The van der Waals surface area contributed by atoms with Crippen LogP contribution in [-0.4, -0.2) is 34.8 Å². The zero-order valence-electron chi connectivity index (χ0n) is 10.2. The fraction of sp³-hybridized carbons (Fsp3) is 0.462. The number of hydrogen-bond donors (Lipinski definition) is 1. The summed E-state index contributed by atoms with van der Waals surface area (Å²) >= 11 is 0. The highest BCUT2D eigenvalue weighted by molar-refractivity contribution is 5.94. The van der Waals surface area contributed by atoms with E-state index in [1.54, 1.807) is 24.5 Å². The number of nitrogens with zero attached hydrogens (tertiary/aromatic N) is 2. The lowest BCUT2D eigenvalue weighted by atomic mass is 9.93. The molecule has 96 valence electrons. The first kappa shape index (κ1) is 12.5. The van der Waals surface area contributed by atoms with Crippen molar-refractivity contribution in [2.45, 2.75) is 19.3 Å². The highest BCUT2D eigenvalue weighted by Gasteiger charge is 2.24. The van der Waals surface area contributed by atoms with E-state index in [0.717, 1.165) is 12.8 Å². The molecule has 1 aromatic heterocycles. The number of primary amides is 1. The Labute approximate surface area is 106 Å². The van der Waals surface area contributed by atoms with E-state index in [9.17, 15) is 9.59 Å². The number of piperidine rings is 1. The average molecular weight is 247 g/mol. The Morgan fingerprint density at radius 2 is 1.89 bits per heavy atom. The number of rotatable bonds is 3. The zero-order valence-corrected chi connectivity index (χ0v) is 10.2. The standard InChI is InChI=1S/C13H17N3O2/c14-12(17)9-10-3-7-16(8-4-10)13(18)11-1-5-15-6-2-11/h1-2,5-6,10H,3-4,7-9H2,(H2,14,17). The van der Waals surface area contributed by atoms with Crippen LogP contribution in [-0.2, 0) is 4.79 Å². The Morgan fingerprint density at radius 1 is 1.28 bits per heavy atom. The predicted octanol–water partition coefficient (Wildman–Crippen LogP) is 0.809. The summed E-state index contributed by atoms with van der Waals surface area (Å²) in [4.78, 5) is 28.7. The zero-order chi connectivity index (χ0) is 13.0. The summed E-state index contributed by atoms with van der Waals surface area (Å²) < 4.78 is 0. The van der Waals surface area contributed by atoms with Crippen molar-refractivity contribution in [3.8, 4) is 0 Å². The normalized spacial score (nSPS) is 16.6. The monoisotopic (exact) mass is 247 g/mol. The third-order valence-electron chi connectivity index (χ3n) is 3.32. The van der Waals surface area contributed by atoms with Crippen LogP contribution in [0, 0.1) is 5.92 Å². The highest BCUT2D eigenvalue weighted by atomic mass is 16.2. The molecule has 0 bridgehead atoms. The van der Waals surface area contributed by atoms with E-state index < -0.39 is 0 Å². The van der Waals surface area contributed by atoms with Gasteiger partial charge in [-0.2, -0.15) is 0 Å². The molecule has 1 aliphatic rings. The maximum Gasteiger partial charge on any atom is 0.253 e. The van der Waals surface area contributed by atoms with Gasteiger partial charge in [0.25, 0.3) is 5.91 Å². The van der Waals surface area contributed by atoms with Crippen LogP contribution in [0.15, 0.2) is 24.5 Å². The van der Waals surface area contributed by atoms with Gasteiger partial charge < -0.3 is 10.6 Å². The number of carbonyl (C=O) groups excluding carboxylic acids is 2. The fourth-order valence-corrected chi connectivity index (χ4v) is 2.30. The molecule has 2 heterocycles. The molecule has 1 fully saturated rings. The first-order valence-electron chi connectivity index (χ1n) is 6.14. The Balaban J connectivity index is 1.90. The molecule has 0 radical (unpaired) electrons. The van der Waals surface area contributed by atoms with E-state index in [1.807, 2.05) is 4.90 Å². The number of nitrogens with two attached hydrogens (primary N) is 1. The summed E-state index contributed by atoms with van der Waals surface area (Å²) in [5.74, 6) is 0.104. The van der Waals surface area contributed by atoms with Crippen LogP contribution in [0.5, 0.6) is 0 Å². The van der Waals surface area contributed by atoms with Gasteiger partial charge in [-0.3, -0.25) is 14.6 Å². The SMILES string of the molecule is NC(=O)CC1CCN(C(=O)c2ccncc2)CC1. The quantitative estimate of drug-likeness (QED) is 0.858. The molecule has 0 aliphatic carbocycles. The molecule has 2 N–H and O–H groups in total. The average Bonchev–Trinajstić information content (AvgIpc) is 2.39. The van der Waals surface area contributed by atoms with Crippen molar-refractivity contribution in [3.63, 3.8) is 0 Å². The van der Waals surface area contributed by atoms with Gasteiger partial charge in [0.2, 0.25) is 5.91 Å². The summed E-state index contributed by atoms with van der Waals surface area (Å²) in [7, 11) is 0. The van der Waals surface area contributed by atoms with Gasteiger partial charge in [-0.25, -0.2) is 0 Å². The summed E-state index contributed by atoms with van der Waals surface area (Å²) in [6.45, 7) is 1.39. The van der Waals surface area contributed by atoms with Crippen LogP contribution in [0.4, 0.5) is 0 Å². The molecule has 0 saturated carbocycles. The van der Waals surface area contributed by atoms with Crippen LogP contribution in [0.3, 0.4) is 0 Å². The largest absolute Gasteiger partial charge is 0.370 e. The van der Waals surface area contributed by atoms with Crippen molar-refractivity contribution in [2.75, 3.05) is 13.1 Å². The van der Waals surface area contributed by atoms with Crippen molar-refractivity contribution < 1.29 is 9.59 Å². The van der Waals surface area contributed by atoms with Gasteiger partial charge in [-0.1, -0.05) is 0 Å². The summed E-state index contributed by atoms with van der Waals surface area (Å²) in [5.41, 5.74) is 5.85. The van der Waals surface area contributed by atoms with Crippen molar-refractivity contribution >= 4 is 11.8 Å². The summed E-state index contributed by atoms with van der Waals surface area (Å²) in [6.07, 6.45) is 5.36. The molecule has 2 rings (SSSR count). The second-order valence-electron chi connectivity index (χ2n) is 4.64. The lowest BCUT2D eigenvalue weighted by Gasteiger charge is -2.31. The first-order valence-corrected chi connectivity index (χ1v) is 6.14. The Hall–Kier alpha value is -1.91. The van der Waals surface area contributed by atoms with E-state index in [1.165, 1.54) is 0 Å². The maximum atomic E-state index is 12.1. The molecule has 0 atom stereocenters. The van der Waals surface area contributed by atoms with Crippen molar-refractivity contribution in [3.05, 3.63) is 30.1 Å². The molecule has 2 amide bonds. The number of hydrogen-bond acceptors (Lipinski definition) is 3. The van der Waals surface area contributed by atoms with Crippen LogP contribution in [0.1, 0.15) is 29.6 Å². The molecule has 1 aliphatic heterocycles. The Morgan fingerprint density at radius 3 is 2.44 bits per heavy atom. The summed E-state index contributed by atoms with van der Waals surface area (Å²) in [5, 5.41) is 0. The van der Waals surface area contributed by atoms with Gasteiger partial charge in [0.1, 0.15) is 0 Å². The molecule has 1 saturated heterocycles. The third-order valence-corrected chi connectivity index (χ3v) is 3.32. The van der Waals surface area contributed by atoms with Crippen molar-refractivity contribution in [1.29, 1.82) is 0 Å². The van der Waals surface area contributed by atoms with Gasteiger partial charge in [-0.05, 0) is 30.9 Å². The molecule has 0 aromatic carbocycles. The van der Waals surface area contributed by atoms with Crippen molar-refractivity contribution in [2.24, 2.45) is 11.7 Å². The molecule has 18 heavy (non-hydrogen) atoms. The molecule has 1 aromatic rings. The van der Waals surface area contributed by atoms with Crippen LogP contribution < -0.4 is 5.73 Å². The maximum absolute atomic E-state index is 12.1. The molecule has 5 nitrogen and oxygen atoms in total. The summed E-state index contributed by atoms with van der Waals surface area (Å²) in [6, 6.07) is 3.44. The van der Waals surface area contributed by atoms with E-state index in [4.69, 9.17) is 5.73 Å². The number of likely N-dealkylation sites (tertiary alicyclic amines) is 1. The molecule has 0 spiro atoms. The Kier molecular flexibility index (Phi) is 3.92.